The van der Waals surface area contributed by atoms with E-state index in [9.17, 15) is 0 Å². The molecule has 1 aromatic rings. The van der Waals surface area contributed by atoms with Gasteiger partial charge in [-0.1, -0.05) is 51.5 Å². The quantitative estimate of drug-likeness (QED) is 0.684. The summed E-state index contributed by atoms with van der Waals surface area (Å²) in [6, 6.07) is 9.08. The Bertz CT molecular complexity index is 334. The minimum Gasteiger partial charge on any atom is -0.0651 e. The molecule has 0 bridgehead atoms. The molecule has 0 saturated heterocycles. The molecule has 0 heteroatoms. The molecule has 0 amide bonds. The van der Waals surface area contributed by atoms with Gasteiger partial charge in [0, 0.05) is 0 Å². The van der Waals surface area contributed by atoms with Gasteiger partial charge in [-0.3, -0.25) is 0 Å². The fourth-order valence-electron chi connectivity index (χ4n) is 3.61. The summed E-state index contributed by atoms with van der Waals surface area (Å²) in [5, 5.41) is 0. The lowest BCUT2D eigenvalue weighted by atomic mass is 9.70. The Kier molecular flexibility index (Phi) is 2.86. The molecule has 0 fully saturated rings. The van der Waals surface area contributed by atoms with Crippen LogP contribution in [0.3, 0.4) is 0 Å². The molecule has 0 aromatic heterocycles. The van der Waals surface area contributed by atoms with Crippen LogP contribution in [0.2, 0.25) is 0 Å². The summed E-state index contributed by atoms with van der Waals surface area (Å²) in [7, 11) is 0. The molecule has 0 nitrogen and oxygen atoms in total. The average molecular weight is 202 g/mol. The van der Waals surface area contributed by atoms with E-state index in [0.717, 1.165) is 5.92 Å². The van der Waals surface area contributed by atoms with Crippen LogP contribution in [0.15, 0.2) is 24.3 Å². The maximum absolute atomic E-state index is 2.36. The standard InChI is InChI=1S/C15H22/c1-4-13-11-12-9-7-8-10-14(12)15(13,5-2)6-3/h7-10,13H,4-6,11H2,1-3H3. The van der Waals surface area contributed by atoms with Crippen LogP contribution in [-0.4, -0.2) is 0 Å². The average Bonchev–Trinajstić information content (AvgIpc) is 2.63. The Morgan fingerprint density at radius 2 is 1.80 bits per heavy atom. The monoisotopic (exact) mass is 202 g/mol. The van der Waals surface area contributed by atoms with Gasteiger partial charge in [0.2, 0.25) is 0 Å². The van der Waals surface area contributed by atoms with Crippen molar-refractivity contribution in [1.82, 2.24) is 0 Å². The molecule has 82 valence electrons. The van der Waals surface area contributed by atoms with Crippen molar-refractivity contribution in [3.8, 4) is 0 Å². The molecule has 1 unspecified atom stereocenters. The third kappa shape index (κ3) is 1.42. The Balaban J connectivity index is 2.50. The van der Waals surface area contributed by atoms with E-state index >= 15 is 0 Å². The third-order valence-corrected chi connectivity index (χ3v) is 4.56. The second-order valence-corrected chi connectivity index (χ2v) is 4.83. The first-order valence-corrected chi connectivity index (χ1v) is 6.36. The van der Waals surface area contributed by atoms with Crippen LogP contribution in [0.25, 0.3) is 0 Å². The molecule has 1 atom stereocenters. The normalized spacial score (nSPS) is 22.7. The van der Waals surface area contributed by atoms with Crippen molar-refractivity contribution >= 4 is 0 Å². The van der Waals surface area contributed by atoms with Gasteiger partial charge in [0.05, 0.1) is 0 Å². The van der Waals surface area contributed by atoms with Crippen molar-refractivity contribution in [2.45, 2.75) is 51.9 Å². The van der Waals surface area contributed by atoms with E-state index in [1.165, 1.54) is 25.7 Å². The van der Waals surface area contributed by atoms with Gasteiger partial charge in [-0.25, -0.2) is 0 Å². The van der Waals surface area contributed by atoms with Crippen LogP contribution in [0.5, 0.6) is 0 Å². The molecule has 1 aromatic carbocycles. The van der Waals surface area contributed by atoms with Gasteiger partial charge in [0.1, 0.15) is 0 Å². The van der Waals surface area contributed by atoms with E-state index < -0.39 is 0 Å². The zero-order valence-electron chi connectivity index (χ0n) is 10.2. The first kappa shape index (κ1) is 10.7. The summed E-state index contributed by atoms with van der Waals surface area (Å²) < 4.78 is 0. The number of benzene rings is 1. The van der Waals surface area contributed by atoms with Gasteiger partial charge >= 0.3 is 0 Å². The van der Waals surface area contributed by atoms with Gasteiger partial charge in [-0.15, -0.1) is 0 Å². The lowest BCUT2D eigenvalue weighted by molar-refractivity contribution is 0.264. The molecule has 0 spiro atoms. The van der Waals surface area contributed by atoms with Crippen molar-refractivity contribution in [1.29, 1.82) is 0 Å². The van der Waals surface area contributed by atoms with Crippen LogP contribution < -0.4 is 0 Å². The number of fused-ring (bicyclic) bond motifs is 1. The maximum atomic E-state index is 2.36. The Labute approximate surface area is 93.7 Å². The molecular formula is C15H22. The molecular weight excluding hydrogens is 180 g/mol. The molecule has 1 aliphatic rings. The summed E-state index contributed by atoms with van der Waals surface area (Å²) in [5.41, 5.74) is 3.72. The van der Waals surface area contributed by atoms with E-state index in [4.69, 9.17) is 0 Å². The van der Waals surface area contributed by atoms with E-state index in [1.807, 2.05) is 0 Å². The van der Waals surface area contributed by atoms with Gasteiger partial charge in [0.25, 0.3) is 0 Å². The van der Waals surface area contributed by atoms with Crippen LogP contribution in [-0.2, 0) is 11.8 Å². The van der Waals surface area contributed by atoms with E-state index in [2.05, 4.69) is 45.0 Å². The Morgan fingerprint density at radius 3 is 2.40 bits per heavy atom. The largest absolute Gasteiger partial charge is 0.0651 e. The van der Waals surface area contributed by atoms with E-state index in [-0.39, 0.29) is 0 Å². The summed E-state index contributed by atoms with van der Waals surface area (Å²) >= 11 is 0. The van der Waals surface area contributed by atoms with Gasteiger partial charge in [-0.2, -0.15) is 0 Å². The zero-order chi connectivity index (χ0) is 10.9. The third-order valence-electron chi connectivity index (χ3n) is 4.56. The lowest BCUT2D eigenvalue weighted by Crippen LogP contribution is -2.29. The predicted molar refractivity (Wildman–Crippen MR) is 66.2 cm³/mol. The highest BCUT2D eigenvalue weighted by atomic mass is 14.5. The molecule has 1 aliphatic carbocycles. The topological polar surface area (TPSA) is 0 Å². The Morgan fingerprint density at radius 1 is 1.13 bits per heavy atom. The van der Waals surface area contributed by atoms with Crippen LogP contribution in [0.1, 0.15) is 51.2 Å². The van der Waals surface area contributed by atoms with E-state index in [1.54, 1.807) is 11.1 Å². The molecule has 0 aliphatic heterocycles. The minimum atomic E-state index is 0.478. The zero-order valence-corrected chi connectivity index (χ0v) is 10.2. The van der Waals surface area contributed by atoms with Crippen LogP contribution in [0.4, 0.5) is 0 Å². The second-order valence-electron chi connectivity index (χ2n) is 4.83. The highest BCUT2D eigenvalue weighted by Crippen LogP contribution is 2.49. The number of hydrogen-bond donors (Lipinski definition) is 0. The van der Waals surface area contributed by atoms with Crippen LogP contribution in [0, 0.1) is 5.92 Å². The number of rotatable bonds is 3. The number of hydrogen-bond acceptors (Lipinski definition) is 0. The van der Waals surface area contributed by atoms with Crippen molar-refractivity contribution in [3.05, 3.63) is 35.4 Å². The first-order valence-electron chi connectivity index (χ1n) is 6.36. The summed E-state index contributed by atoms with van der Waals surface area (Å²) in [6.07, 6.45) is 5.20. The SMILES string of the molecule is CCC1Cc2ccccc2C1(CC)CC. The molecule has 0 heterocycles. The highest BCUT2D eigenvalue weighted by Gasteiger charge is 2.42. The molecule has 0 N–H and O–H groups in total. The molecule has 0 saturated carbocycles. The minimum absolute atomic E-state index is 0.478. The van der Waals surface area contributed by atoms with Crippen molar-refractivity contribution in [3.63, 3.8) is 0 Å². The van der Waals surface area contributed by atoms with Crippen molar-refractivity contribution < 1.29 is 0 Å². The fourth-order valence-corrected chi connectivity index (χ4v) is 3.61. The maximum Gasteiger partial charge on any atom is -0.00182 e. The van der Waals surface area contributed by atoms with Gasteiger partial charge < -0.3 is 0 Å². The van der Waals surface area contributed by atoms with Crippen molar-refractivity contribution in [2.24, 2.45) is 5.92 Å². The Hall–Kier alpha value is -0.780. The van der Waals surface area contributed by atoms with Gasteiger partial charge in [0.15, 0.2) is 0 Å². The summed E-state index contributed by atoms with van der Waals surface area (Å²) in [5.74, 6) is 0.866. The molecule has 15 heavy (non-hydrogen) atoms. The van der Waals surface area contributed by atoms with E-state index in [0.29, 0.717) is 5.41 Å². The van der Waals surface area contributed by atoms with Crippen LogP contribution >= 0.6 is 0 Å². The highest BCUT2D eigenvalue weighted by molar-refractivity contribution is 5.40. The molecule has 2 rings (SSSR count). The second kappa shape index (κ2) is 4.00. The summed E-state index contributed by atoms with van der Waals surface area (Å²) in [6.45, 7) is 7.05. The predicted octanol–water partition coefficient (Wildman–Crippen LogP) is 4.33. The first-order chi connectivity index (χ1) is 7.28. The lowest BCUT2D eigenvalue weighted by Gasteiger charge is -2.34. The fraction of sp³-hybridized carbons (Fsp3) is 0.600. The molecule has 0 radical (unpaired) electrons. The summed E-state index contributed by atoms with van der Waals surface area (Å²) in [4.78, 5) is 0. The van der Waals surface area contributed by atoms with Gasteiger partial charge in [-0.05, 0) is 41.7 Å². The smallest absolute Gasteiger partial charge is 0.00182 e. The van der Waals surface area contributed by atoms with Crippen molar-refractivity contribution in [2.75, 3.05) is 0 Å².